The van der Waals surface area contributed by atoms with Crippen molar-refractivity contribution in [2.45, 2.75) is 32.2 Å². The van der Waals surface area contributed by atoms with Crippen LogP contribution in [-0.4, -0.2) is 76.8 Å². The minimum atomic E-state index is 0.751. The van der Waals surface area contributed by atoms with Crippen LogP contribution < -0.4 is 4.90 Å². The van der Waals surface area contributed by atoms with Gasteiger partial charge in [0.05, 0.1) is 11.9 Å². The molecule has 2 aliphatic heterocycles. The summed E-state index contributed by atoms with van der Waals surface area (Å²) >= 11 is 1.70. The van der Waals surface area contributed by atoms with Gasteiger partial charge in [0.1, 0.15) is 0 Å². The second-order valence-corrected chi connectivity index (χ2v) is 7.85. The minimum absolute atomic E-state index is 0.751. The molecule has 0 aliphatic carbocycles. The van der Waals surface area contributed by atoms with E-state index in [0.717, 1.165) is 48.0 Å². The van der Waals surface area contributed by atoms with Crippen molar-refractivity contribution in [2.75, 3.05) is 51.2 Å². The van der Waals surface area contributed by atoms with E-state index in [9.17, 15) is 0 Å². The van der Waals surface area contributed by atoms with Crippen molar-refractivity contribution >= 4 is 21.4 Å². The van der Waals surface area contributed by atoms with Crippen LogP contribution in [0.2, 0.25) is 0 Å². The Labute approximate surface area is 141 Å². The maximum absolute atomic E-state index is 4.68. The first-order valence-electron chi connectivity index (χ1n) is 8.69. The summed E-state index contributed by atoms with van der Waals surface area (Å²) in [6, 6.07) is 0.751. The molecule has 4 heterocycles. The first-order valence-corrected chi connectivity index (χ1v) is 9.51. The third-order valence-corrected chi connectivity index (χ3v) is 6.17. The number of anilines is 1. The van der Waals surface area contributed by atoms with Gasteiger partial charge in [-0.05, 0) is 33.4 Å². The topological polar surface area (TPSA) is 39.9 Å². The van der Waals surface area contributed by atoms with Crippen molar-refractivity contribution in [1.29, 1.82) is 0 Å². The van der Waals surface area contributed by atoms with Crippen LogP contribution in [0.3, 0.4) is 0 Å². The molecule has 0 aromatic carbocycles. The van der Waals surface area contributed by atoms with Gasteiger partial charge in [-0.3, -0.25) is 4.90 Å². The van der Waals surface area contributed by atoms with Crippen molar-refractivity contribution in [3.05, 3.63) is 11.9 Å². The molecular formula is C16H26N6S. The normalized spacial score (nSPS) is 24.6. The van der Waals surface area contributed by atoms with Gasteiger partial charge in [0.15, 0.2) is 0 Å². The van der Waals surface area contributed by atoms with Gasteiger partial charge in [0.25, 0.3) is 0 Å². The summed E-state index contributed by atoms with van der Waals surface area (Å²) in [6.45, 7) is 8.95. The minimum Gasteiger partial charge on any atom is -0.344 e. The Balaban J connectivity index is 1.34. The number of aromatic nitrogens is 3. The maximum Gasteiger partial charge on any atom is 0.214 e. The Morgan fingerprint density at radius 3 is 2.74 bits per heavy atom. The number of likely N-dealkylation sites (N-methyl/N-ethyl adjacent to an activating group) is 1. The van der Waals surface area contributed by atoms with E-state index in [4.69, 9.17) is 0 Å². The fourth-order valence-corrected chi connectivity index (χ4v) is 4.70. The molecule has 0 saturated carbocycles. The van der Waals surface area contributed by atoms with Crippen LogP contribution in [0.1, 0.15) is 25.0 Å². The van der Waals surface area contributed by atoms with Crippen molar-refractivity contribution in [1.82, 2.24) is 24.4 Å². The predicted molar refractivity (Wildman–Crippen MR) is 94.5 cm³/mol. The van der Waals surface area contributed by atoms with E-state index in [2.05, 4.69) is 31.8 Å². The number of imidazole rings is 1. The van der Waals surface area contributed by atoms with Crippen LogP contribution in [0.5, 0.6) is 0 Å². The van der Waals surface area contributed by atoms with Crippen LogP contribution in [-0.2, 0) is 0 Å². The van der Waals surface area contributed by atoms with Crippen molar-refractivity contribution < 1.29 is 0 Å². The Hall–Kier alpha value is -1.18. The van der Waals surface area contributed by atoms with Gasteiger partial charge in [-0.25, -0.2) is 9.50 Å². The van der Waals surface area contributed by atoms with Crippen LogP contribution in [0.4, 0.5) is 5.13 Å². The first kappa shape index (κ1) is 15.4. The quantitative estimate of drug-likeness (QED) is 0.854. The fourth-order valence-electron chi connectivity index (χ4n) is 3.72. The number of piperidine rings is 1. The zero-order chi connectivity index (χ0) is 15.8. The summed E-state index contributed by atoms with van der Waals surface area (Å²) in [7, 11) is 2.29. The average Bonchev–Trinajstić information content (AvgIpc) is 3.08. The lowest BCUT2D eigenvalue weighted by molar-refractivity contribution is 0.124. The van der Waals surface area contributed by atoms with E-state index in [1.54, 1.807) is 11.3 Å². The molecule has 0 spiro atoms. The zero-order valence-electron chi connectivity index (χ0n) is 14.1. The van der Waals surface area contributed by atoms with Crippen molar-refractivity contribution in [2.24, 2.45) is 0 Å². The number of likely N-dealkylation sites (tertiary alicyclic amines) is 1. The molecule has 2 aliphatic rings. The monoisotopic (exact) mass is 334 g/mol. The summed E-state index contributed by atoms with van der Waals surface area (Å²) < 4.78 is 1.92. The summed E-state index contributed by atoms with van der Waals surface area (Å²) in [4.78, 5) is 13.1. The molecule has 2 fully saturated rings. The van der Waals surface area contributed by atoms with E-state index in [1.165, 1.54) is 32.4 Å². The lowest BCUT2D eigenvalue weighted by Gasteiger charge is -2.40. The Kier molecular flexibility index (Phi) is 4.26. The van der Waals surface area contributed by atoms with Crippen LogP contribution >= 0.6 is 11.3 Å². The van der Waals surface area contributed by atoms with Crippen molar-refractivity contribution in [3.63, 3.8) is 0 Å². The molecule has 2 aromatic rings. The molecule has 23 heavy (non-hydrogen) atoms. The van der Waals surface area contributed by atoms with Gasteiger partial charge in [-0.1, -0.05) is 17.8 Å². The molecular weight excluding hydrogens is 308 g/mol. The molecule has 1 unspecified atom stereocenters. The Morgan fingerprint density at radius 2 is 2.00 bits per heavy atom. The SMILES string of the molecule is Cc1cn2nc(N3CCN(CC4CCCCN4C)CC3)sc2n1. The zero-order valence-corrected chi connectivity index (χ0v) is 14.9. The van der Waals surface area contributed by atoms with E-state index < -0.39 is 0 Å². The molecule has 2 aromatic heterocycles. The van der Waals surface area contributed by atoms with Gasteiger partial charge in [0.2, 0.25) is 10.1 Å². The number of rotatable bonds is 3. The van der Waals surface area contributed by atoms with Crippen LogP contribution in [0.15, 0.2) is 6.20 Å². The molecule has 6 nitrogen and oxygen atoms in total. The standard InChI is InChI=1S/C16H26N6S/c1-13-11-22-15(17-13)23-16(18-22)21-9-7-20(8-10-21)12-14-5-3-4-6-19(14)2/h11,14H,3-10,12H2,1-2H3. The van der Waals surface area contributed by atoms with Crippen LogP contribution in [0, 0.1) is 6.92 Å². The fraction of sp³-hybridized carbons (Fsp3) is 0.750. The highest BCUT2D eigenvalue weighted by Gasteiger charge is 2.25. The van der Waals surface area contributed by atoms with E-state index in [0.29, 0.717) is 0 Å². The Morgan fingerprint density at radius 1 is 1.17 bits per heavy atom. The average molecular weight is 334 g/mol. The number of piperazine rings is 1. The number of nitrogens with zero attached hydrogens (tertiary/aromatic N) is 6. The molecule has 0 bridgehead atoms. The lowest BCUT2D eigenvalue weighted by Crippen LogP contribution is -2.51. The molecule has 7 heteroatoms. The second-order valence-electron chi connectivity index (χ2n) is 6.91. The van der Waals surface area contributed by atoms with E-state index >= 15 is 0 Å². The second kappa shape index (κ2) is 6.37. The lowest BCUT2D eigenvalue weighted by atomic mass is 10.0. The van der Waals surface area contributed by atoms with Gasteiger partial charge < -0.3 is 9.80 Å². The molecule has 2 saturated heterocycles. The van der Waals surface area contributed by atoms with E-state index in [-0.39, 0.29) is 0 Å². The third kappa shape index (κ3) is 3.22. The summed E-state index contributed by atoms with van der Waals surface area (Å²) in [5.74, 6) is 0. The highest BCUT2D eigenvalue weighted by molar-refractivity contribution is 7.20. The highest BCUT2D eigenvalue weighted by atomic mass is 32.1. The molecule has 1 atom stereocenters. The largest absolute Gasteiger partial charge is 0.344 e. The van der Waals surface area contributed by atoms with Crippen molar-refractivity contribution in [3.8, 4) is 0 Å². The number of fused-ring (bicyclic) bond motifs is 1. The van der Waals surface area contributed by atoms with E-state index in [1.807, 2.05) is 17.6 Å². The molecule has 0 amide bonds. The van der Waals surface area contributed by atoms with Gasteiger partial charge in [-0.2, -0.15) is 0 Å². The van der Waals surface area contributed by atoms with Gasteiger partial charge in [0, 0.05) is 38.8 Å². The number of aryl methyl sites for hydroxylation is 1. The summed E-state index contributed by atoms with van der Waals surface area (Å²) in [5, 5.41) is 5.79. The summed E-state index contributed by atoms with van der Waals surface area (Å²) in [5.41, 5.74) is 1.04. The predicted octanol–water partition coefficient (Wildman–Crippen LogP) is 1.71. The van der Waals surface area contributed by atoms with Gasteiger partial charge >= 0.3 is 0 Å². The van der Waals surface area contributed by atoms with Gasteiger partial charge in [-0.15, -0.1) is 5.10 Å². The van der Waals surface area contributed by atoms with Crippen LogP contribution in [0.25, 0.3) is 4.96 Å². The Bertz CT molecular complexity index is 625. The maximum atomic E-state index is 4.68. The molecule has 0 N–H and O–H groups in total. The third-order valence-electron chi connectivity index (χ3n) is 5.19. The number of hydrogen-bond donors (Lipinski definition) is 0. The highest BCUT2D eigenvalue weighted by Crippen LogP contribution is 2.24. The molecule has 4 rings (SSSR count). The number of hydrogen-bond acceptors (Lipinski definition) is 6. The summed E-state index contributed by atoms with van der Waals surface area (Å²) in [6.07, 6.45) is 6.13. The first-order chi connectivity index (χ1) is 11.2. The smallest absolute Gasteiger partial charge is 0.214 e. The molecule has 0 radical (unpaired) electrons. The molecule has 126 valence electrons.